The average molecular weight is 578 g/mol. The van der Waals surface area contributed by atoms with Crippen LogP contribution in [0.5, 0.6) is 0 Å². The van der Waals surface area contributed by atoms with Crippen molar-refractivity contribution >= 4 is 0 Å². The van der Waals surface area contributed by atoms with Crippen LogP contribution in [0, 0.1) is 6.42 Å². The lowest BCUT2D eigenvalue weighted by Crippen LogP contribution is -2.06. The van der Waals surface area contributed by atoms with Crippen molar-refractivity contribution in [1.82, 2.24) is 0 Å². The molecule has 0 heterocycles. The minimum atomic E-state index is -0.160. The maximum Gasteiger partial charge on any atom is 0.0572 e. The SMILES string of the molecule is CCCCCCCCCCCCCCCCC[CH]C(O)CCCCCCCCCCCCCCCCCCCCC. The van der Waals surface area contributed by atoms with Gasteiger partial charge in [-0.15, -0.1) is 0 Å². The van der Waals surface area contributed by atoms with Crippen LogP contribution in [0.25, 0.3) is 0 Å². The third kappa shape index (κ3) is 37.9. The number of unbranched alkanes of at least 4 members (excludes halogenated alkanes) is 33. The van der Waals surface area contributed by atoms with Gasteiger partial charge in [0.2, 0.25) is 0 Å². The number of rotatable bonds is 37. The topological polar surface area (TPSA) is 20.2 Å². The normalized spacial score (nSPS) is 12.4. The van der Waals surface area contributed by atoms with Crippen LogP contribution in [0.2, 0.25) is 0 Å². The highest BCUT2D eigenvalue weighted by Crippen LogP contribution is 2.17. The van der Waals surface area contributed by atoms with Gasteiger partial charge in [0.05, 0.1) is 6.10 Å². The van der Waals surface area contributed by atoms with Crippen LogP contribution in [-0.4, -0.2) is 11.2 Å². The van der Waals surface area contributed by atoms with Crippen LogP contribution in [0.15, 0.2) is 0 Å². The Morgan fingerprint density at radius 3 is 0.805 bits per heavy atom. The highest BCUT2D eigenvalue weighted by molar-refractivity contribution is 4.75. The second-order valence-corrected chi connectivity index (χ2v) is 13.7. The molecule has 0 aromatic carbocycles. The van der Waals surface area contributed by atoms with Crippen molar-refractivity contribution in [2.24, 2.45) is 0 Å². The van der Waals surface area contributed by atoms with Crippen LogP contribution in [0.4, 0.5) is 0 Å². The lowest BCUT2D eigenvalue weighted by Gasteiger charge is -2.10. The Balaban J connectivity index is 3.13. The molecule has 0 saturated heterocycles. The van der Waals surface area contributed by atoms with Gasteiger partial charge in [-0.2, -0.15) is 0 Å². The van der Waals surface area contributed by atoms with Gasteiger partial charge in [-0.25, -0.2) is 0 Å². The molecule has 1 heteroatoms. The van der Waals surface area contributed by atoms with Gasteiger partial charge in [0, 0.05) is 0 Å². The van der Waals surface area contributed by atoms with Crippen molar-refractivity contribution in [2.75, 3.05) is 0 Å². The Bertz CT molecular complexity index is 433. The van der Waals surface area contributed by atoms with Crippen LogP contribution in [-0.2, 0) is 0 Å². The summed E-state index contributed by atoms with van der Waals surface area (Å²) in [7, 11) is 0. The lowest BCUT2D eigenvalue weighted by molar-refractivity contribution is 0.187. The van der Waals surface area contributed by atoms with E-state index in [0.29, 0.717) is 0 Å². The molecule has 0 bridgehead atoms. The third-order valence-corrected chi connectivity index (χ3v) is 9.35. The largest absolute Gasteiger partial charge is 0.393 e. The maximum absolute atomic E-state index is 10.3. The van der Waals surface area contributed by atoms with E-state index < -0.39 is 0 Å². The molecule has 0 aromatic rings. The van der Waals surface area contributed by atoms with Crippen LogP contribution < -0.4 is 0 Å². The highest BCUT2D eigenvalue weighted by Gasteiger charge is 2.04. The summed E-state index contributed by atoms with van der Waals surface area (Å²) < 4.78 is 0. The second-order valence-electron chi connectivity index (χ2n) is 13.7. The molecule has 1 radical (unpaired) electrons. The van der Waals surface area contributed by atoms with E-state index in [2.05, 4.69) is 20.3 Å². The standard InChI is InChI=1S/C40H81O/c1-3-5-7-9-11-13-15-17-19-21-22-23-25-27-29-31-33-35-37-39-40(41)38-36-34-32-30-28-26-24-20-18-16-14-12-10-8-6-4-2/h38,40-41H,3-37,39H2,1-2H3. The number of aliphatic hydroxyl groups is 1. The molecule has 1 atom stereocenters. The van der Waals surface area contributed by atoms with Crippen LogP contribution in [0.3, 0.4) is 0 Å². The molecule has 0 aromatic heterocycles. The average Bonchev–Trinajstić information content (AvgIpc) is 2.98. The van der Waals surface area contributed by atoms with E-state index >= 15 is 0 Å². The lowest BCUT2D eigenvalue weighted by atomic mass is 10.0. The minimum Gasteiger partial charge on any atom is -0.393 e. The molecular weight excluding hydrogens is 496 g/mol. The third-order valence-electron chi connectivity index (χ3n) is 9.35. The smallest absolute Gasteiger partial charge is 0.0572 e. The van der Waals surface area contributed by atoms with E-state index in [1.807, 2.05) is 0 Å². The first-order valence-corrected chi connectivity index (χ1v) is 19.8. The summed E-state index contributed by atoms with van der Waals surface area (Å²) >= 11 is 0. The van der Waals surface area contributed by atoms with E-state index in [-0.39, 0.29) is 6.10 Å². The minimum absolute atomic E-state index is 0.160. The van der Waals surface area contributed by atoms with E-state index in [4.69, 9.17) is 0 Å². The first-order chi connectivity index (χ1) is 20.3. The molecule has 0 amide bonds. The van der Waals surface area contributed by atoms with Gasteiger partial charge >= 0.3 is 0 Å². The zero-order valence-corrected chi connectivity index (χ0v) is 29.1. The number of hydrogen-bond acceptors (Lipinski definition) is 1. The molecule has 0 saturated carbocycles. The summed E-state index contributed by atoms with van der Waals surface area (Å²) in [6.07, 6.45) is 52.5. The van der Waals surface area contributed by atoms with Gasteiger partial charge in [-0.1, -0.05) is 232 Å². The van der Waals surface area contributed by atoms with Crippen molar-refractivity contribution in [1.29, 1.82) is 0 Å². The van der Waals surface area contributed by atoms with Crippen molar-refractivity contribution in [3.63, 3.8) is 0 Å². The summed E-state index contributed by atoms with van der Waals surface area (Å²) in [5.41, 5.74) is 0. The molecule has 0 aliphatic rings. The first kappa shape index (κ1) is 41.0. The maximum atomic E-state index is 10.3. The fourth-order valence-electron chi connectivity index (χ4n) is 6.38. The van der Waals surface area contributed by atoms with Crippen molar-refractivity contribution in [3.05, 3.63) is 6.42 Å². The van der Waals surface area contributed by atoms with Gasteiger partial charge in [0.1, 0.15) is 0 Å². The highest BCUT2D eigenvalue weighted by atomic mass is 16.3. The summed E-state index contributed by atoms with van der Waals surface area (Å²) in [5.74, 6) is 0. The zero-order valence-electron chi connectivity index (χ0n) is 29.1. The molecule has 0 aliphatic carbocycles. The molecule has 0 spiro atoms. The summed E-state index contributed by atoms with van der Waals surface area (Å²) in [6.45, 7) is 4.60. The molecule has 0 fully saturated rings. The molecule has 247 valence electrons. The van der Waals surface area contributed by atoms with E-state index in [0.717, 1.165) is 12.8 Å². The fraction of sp³-hybridized carbons (Fsp3) is 0.975. The summed E-state index contributed by atoms with van der Waals surface area (Å²) in [6, 6.07) is 0. The summed E-state index contributed by atoms with van der Waals surface area (Å²) in [4.78, 5) is 0. The van der Waals surface area contributed by atoms with Gasteiger partial charge in [-0.05, 0) is 19.3 Å². The Kier molecular flexibility index (Phi) is 37.9. The Labute approximate surface area is 262 Å². The molecule has 0 rings (SSSR count). The van der Waals surface area contributed by atoms with E-state index in [1.54, 1.807) is 0 Å². The van der Waals surface area contributed by atoms with Gasteiger partial charge in [0.15, 0.2) is 0 Å². The van der Waals surface area contributed by atoms with E-state index in [1.165, 1.54) is 218 Å². The monoisotopic (exact) mass is 578 g/mol. The van der Waals surface area contributed by atoms with Crippen LogP contribution in [0.1, 0.15) is 245 Å². The van der Waals surface area contributed by atoms with Crippen molar-refractivity contribution in [2.45, 2.75) is 251 Å². The van der Waals surface area contributed by atoms with Gasteiger partial charge in [-0.3, -0.25) is 0 Å². The summed E-state index contributed by atoms with van der Waals surface area (Å²) in [5, 5.41) is 10.3. The Morgan fingerprint density at radius 1 is 0.317 bits per heavy atom. The van der Waals surface area contributed by atoms with E-state index in [9.17, 15) is 5.11 Å². The molecule has 0 aliphatic heterocycles. The molecule has 1 nitrogen and oxygen atoms in total. The van der Waals surface area contributed by atoms with Crippen molar-refractivity contribution in [3.8, 4) is 0 Å². The van der Waals surface area contributed by atoms with Gasteiger partial charge < -0.3 is 5.11 Å². The quantitative estimate of drug-likeness (QED) is 0.0728. The first-order valence-electron chi connectivity index (χ1n) is 19.8. The predicted octanol–water partition coefficient (Wildman–Crippen LogP) is 14.6. The molecule has 1 N–H and O–H groups in total. The molecule has 1 unspecified atom stereocenters. The Hall–Kier alpha value is -0.0400. The fourth-order valence-corrected chi connectivity index (χ4v) is 6.38. The van der Waals surface area contributed by atoms with Gasteiger partial charge in [0.25, 0.3) is 0 Å². The van der Waals surface area contributed by atoms with Crippen LogP contribution >= 0.6 is 0 Å². The Morgan fingerprint density at radius 2 is 0.537 bits per heavy atom. The predicted molar refractivity (Wildman–Crippen MR) is 188 cm³/mol. The van der Waals surface area contributed by atoms with Crippen molar-refractivity contribution < 1.29 is 5.11 Å². The molecular formula is C40H81O. The number of aliphatic hydroxyl groups excluding tert-OH is 1. The second kappa shape index (κ2) is 38.0. The zero-order chi connectivity index (χ0) is 29.7. The molecule has 41 heavy (non-hydrogen) atoms. The number of hydrogen-bond donors (Lipinski definition) is 1.